The predicted octanol–water partition coefficient (Wildman–Crippen LogP) is 2.52. The summed E-state index contributed by atoms with van der Waals surface area (Å²) in [5, 5.41) is 3.43. The molecule has 0 saturated carbocycles. The number of nitrogens with one attached hydrogen (secondary N) is 2. The average molecular weight is 287 g/mol. The second-order valence-electron chi connectivity index (χ2n) is 5.19. The molecule has 2 heterocycles. The van der Waals surface area contributed by atoms with Crippen LogP contribution in [-0.4, -0.2) is 36.3 Å². The van der Waals surface area contributed by atoms with Crippen LogP contribution in [0.25, 0.3) is 11.3 Å². The van der Waals surface area contributed by atoms with E-state index in [4.69, 9.17) is 9.47 Å². The maximum absolute atomic E-state index is 5.46. The van der Waals surface area contributed by atoms with Crippen LogP contribution in [0.2, 0.25) is 0 Å². The van der Waals surface area contributed by atoms with E-state index in [1.165, 1.54) is 0 Å². The van der Waals surface area contributed by atoms with Crippen molar-refractivity contribution in [1.29, 1.82) is 0 Å². The fraction of sp³-hybridized carbons (Fsp3) is 0.438. The molecular weight excluding hydrogens is 266 g/mol. The molecule has 1 aromatic carbocycles. The number of aromatic amines is 1. The Hall–Kier alpha value is -1.85. The van der Waals surface area contributed by atoms with Gasteiger partial charge >= 0.3 is 0 Å². The van der Waals surface area contributed by atoms with E-state index in [1.54, 1.807) is 7.11 Å². The molecule has 2 unspecified atom stereocenters. The second-order valence-corrected chi connectivity index (χ2v) is 5.19. The van der Waals surface area contributed by atoms with E-state index in [0.29, 0.717) is 6.61 Å². The molecule has 2 N–H and O–H groups in total. The smallest absolute Gasteiger partial charge is 0.123 e. The van der Waals surface area contributed by atoms with E-state index < -0.39 is 0 Å². The summed E-state index contributed by atoms with van der Waals surface area (Å²) in [7, 11) is 1.75. The first-order valence-corrected chi connectivity index (χ1v) is 7.34. The van der Waals surface area contributed by atoms with Crippen molar-refractivity contribution in [2.75, 3.05) is 20.3 Å². The van der Waals surface area contributed by atoms with Gasteiger partial charge in [0.05, 0.1) is 30.6 Å². The van der Waals surface area contributed by atoms with Crippen molar-refractivity contribution in [3.05, 3.63) is 36.3 Å². The predicted molar refractivity (Wildman–Crippen MR) is 81.4 cm³/mol. The number of hydrogen-bond acceptors (Lipinski definition) is 4. The first-order valence-electron chi connectivity index (χ1n) is 7.34. The van der Waals surface area contributed by atoms with E-state index in [9.17, 15) is 0 Å². The molecule has 1 saturated heterocycles. The summed E-state index contributed by atoms with van der Waals surface area (Å²) < 4.78 is 10.8. The maximum Gasteiger partial charge on any atom is 0.123 e. The molecule has 0 amide bonds. The first-order chi connectivity index (χ1) is 10.3. The first kappa shape index (κ1) is 14.1. The van der Waals surface area contributed by atoms with Crippen molar-refractivity contribution >= 4 is 0 Å². The SMILES string of the molecule is CCOc1ccc(-c2cnc(C3CC(OC)CN3)[nH]2)cc1. The molecule has 0 bridgehead atoms. The van der Waals surface area contributed by atoms with Crippen LogP contribution in [0.15, 0.2) is 30.5 Å². The molecule has 1 aromatic heterocycles. The summed E-state index contributed by atoms with van der Waals surface area (Å²) in [6, 6.07) is 8.29. The van der Waals surface area contributed by atoms with E-state index in [2.05, 4.69) is 15.3 Å². The highest BCUT2D eigenvalue weighted by Gasteiger charge is 2.27. The summed E-state index contributed by atoms with van der Waals surface area (Å²) in [6.45, 7) is 3.54. The zero-order valence-corrected chi connectivity index (χ0v) is 12.4. The van der Waals surface area contributed by atoms with E-state index in [0.717, 1.165) is 35.8 Å². The van der Waals surface area contributed by atoms with E-state index >= 15 is 0 Å². The third kappa shape index (κ3) is 3.09. The van der Waals surface area contributed by atoms with Crippen LogP contribution in [0.1, 0.15) is 25.2 Å². The zero-order valence-electron chi connectivity index (χ0n) is 12.4. The van der Waals surface area contributed by atoms with Crippen LogP contribution < -0.4 is 10.1 Å². The molecule has 21 heavy (non-hydrogen) atoms. The van der Waals surface area contributed by atoms with Gasteiger partial charge in [0.1, 0.15) is 11.6 Å². The van der Waals surface area contributed by atoms with Gasteiger partial charge in [-0.25, -0.2) is 4.98 Å². The van der Waals surface area contributed by atoms with E-state index in [-0.39, 0.29) is 12.1 Å². The number of ether oxygens (including phenoxy) is 2. The lowest BCUT2D eigenvalue weighted by atomic mass is 10.1. The Bertz CT molecular complexity index is 579. The Labute approximate surface area is 124 Å². The molecule has 3 rings (SSSR count). The van der Waals surface area contributed by atoms with Crippen LogP contribution in [-0.2, 0) is 4.74 Å². The Morgan fingerprint density at radius 1 is 1.29 bits per heavy atom. The Kier molecular flexibility index (Phi) is 4.22. The van der Waals surface area contributed by atoms with Gasteiger partial charge in [-0.2, -0.15) is 0 Å². The summed E-state index contributed by atoms with van der Waals surface area (Å²) in [5.74, 6) is 1.86. The summed E-state index contributed by atoms with van der Waals surface area (Å²) in [4.78, 5) is 7.89. The summed E-state index contributed by atoms with van der Waals surface area (Å²) >= 11 is 0. The lowest BCUT2D eigenvalue weighted by Gasteiger charge is -2.07. The lowest BCUT2D eigenvalue weighted by molar-refractivity contribution is 0.117. The van der Waals surface area contributed by atoms with Crippen molar-refractivity contribution < 1.29 is 9.47 Å². The topological polar surface area (TPSA) is 59.2 Å². The number of nitrogens with zero attached hydrogens (tertiary/aromatic N) is 1. The molecule has 0 radical (unpaired) electrons. The monoisotopic (exact) mass is 287 g/mol. The number of benzene rings is 1. The molecule has 1 aliphatic heterocycles. The molecule has 1 aliphatic rings. The van der Waals surface area contributed by atoms with Gasteiger partial charge in [0.15, 0.2) is 0 Å². The third-order valence-corrected chi connectivity index (χ3v) is 3.83. The van der Waals surface area contributed by atoms with Crippen molar-refractivity contribution in [1.82, 2.24) is 15.3 Å². The highest BCUT2D eigenvalue weighted by molar-refractivity contribution is 5.59. The standard InChI is InChI=1S/C16H21N3O2/c1-3-21-12-6-4-11(5-7-12)15-10-18-16(19-15)14-8-13(20-2)9-17-14/h4-7,10,13-14,17H,3,8-9H2,1-2H3,(H,18,19). The molecular formula is C16H21N3O2. The minimum Gasteiger partial charge on any atom is -0.494 e. The molecule has 5 nitrogen and oxygen atoms in total. The van der Waals surface area contributed by atoms with Crippen LogP contribution in [0.4, 0.5) is 0 Å². The van der Waals surface area contributed by atoms with Crippen molar-refractivity contribution in [2.24, 2.45) is 0 Å². The van der Waals surface area contributed by atoms with Gasteiger partial charge in [-0.3, -0.25) is 0 Å². The molecule has 2 aromatic rings. The quantitative estimate of drug-likeness (QED) is 0.887. The van der Waals surface area contributed by atoms with Gasteiger partial charge in [-0.15, -0.1) is 0 Å². The minimum absolute atomic E-state index is 0.242. The van der Waals surface area contributed by atoms with Crippen LogP contribution >= 0.6 is 0 Å². The number of methoxy groups -OCH3 is 1. The van der Waals surface area contributed by atoms with Crippen LogP contribution in [0, 0.1) is 0 Å². The van der Waals surface area contributed by atoms with Gasteiger partial charge in [0.2, 0.25) is 0 Å². The van der Waals surface area contributed by atoms with Gasteiger partial charge in [0, 0.05) is 13.7 Å². The number of imidazole rings is 1. The second kappa shape index (κ2) is 6.28. The highest BCUT2D eigenvalue weighted by atomic mass is 16.5. The normalized spacial score (nSPS) is 21.6. The summed E-state index contributed by atoms with van der Waals surface area (Å²) in [6.07, 6.45) is 3.11. The fourth-order valence-corrected chi connectivity index (χ4v) is 2.65. The number of H-pyrrole nitrogens is 1. The van der Waals surface area contributed by atoms with Gasteiger partial charge in [0.25, 0.3) is 0 Å². The van der Waals surface area contributed by atoms with Crippen LogP contribution in [0.3, 0.4) is 0 Å². The van der Waals surface area contributed by atoms with Gasteiger partial charge in [-0.05, 0) is 43.2 Å². The molecule has 2 atom stereocenters. The minimum atomic E-state index is 0.242. The third-order valence-electron chi connectivity index (χ3n) is 3.83. The molecule has 112 valence electrons. The van der Waals surface area contributed by atoms with Crippen molar-refractivity contribution in [3.8, 4) is 17.0 Å². The largest absolute Gasteiger partial charge is 0.494 e. The zero-order chi connectivity index (χ0) is 14.7. The molecule has 0 aliphatic carbocycles. The van der Waals surface area contributed by atoms with Crippen LogP contribution in [0.5, 0.6) is 5.75 Å². The Morgan fingerprint density at radius 3 is 2.76 bits per heavy atom. The van der Waals surface area contributed by atoms with Crippen molar-refractivity contribution in [3.63, 3.8) is 0 Å². The summed E-state index contributed by atoms with van der Waals surface area (Å²) in [5.41, 5.74) is 2.13. The van der Waals surface area contributed by atoms with E-state index in [1.807, 2.05) is 37.4 Å². The molecule has 5 heteroatoms. The Balaban J connectivity index is 1.72. The Morgan fingerprint density at radius 2 is 2.10 bits per heavy atom. The highest BCUT2D eigenvalue weighted by Crippen LogP contribution is 2.26. The van der Waals surface area contributed by atoms with Gasteiger partial charge in [-0.1, -0.05) is 0 Å². The number of hydrogen-bond donors (Lipinski definition) is 2. The van der Waals surface area contributed by atoms with Gasteiger partial charge < -0.3 is 19.8 Å². The maximum atomic E-state index is 5.46. The number of rotatable bonds is 5. The fourth-order valence-electron chi connectivity index (χ4n) is 2.65. The molecule has 1 fully saturated rings. The molecule has 0 spiro atoms. The lowest BCUT2D eigenvalue weighted by Crippen LogP contribution is -2.16. The van der Waals surface area contributed by atoms with Crippen molar-refractivity contribution in [2.45, 2.75) is 25.5 Å². The average Bonchev–Trinajstić information content (AvgIpc) is 3.17. The number of aromatic nitrogens is 2.